The molecule has 228 valence electrons. The summed E-state index contributed by atoms with van der Waals surface area (Å²) in [7, 11) is -3.36. The minimum Gasteiger partial charge on any atom is -0.352 e. The minimum atomic E-state index is -3.36. The Kier molecular flexibility index (Phi) is 9.61. The molecule has 2 aromatic rings. The SMILES string of the molecule is CC(C)(C)C[C@@H]1N[C@@H](C(=O)NC2CCC(NS(C)(=O)=O)CC2)[C@H](c2cccc(Cl)c2F)[C@@]1(C#N)c1ccc(Cl)cc1F. The Balaban J connectivity index is 1.78. The zero-order valence-electron chi connectivity index (χ0n) is 24.0. The van der Waals surface area contributed by atoms with Gasteiger partial charge in [-0.25, -0.2) is 21.9 Å². The number of nitrogens with zero attached hydrogens (tertiary/aromatic N) is 1. The largest absolute Gasteiger partial charge is 0.352 e. The second-order valence-corrected chi connectivity index (χ2v) is 15.3. The summed E-state index contributed by atoms with van der Waals surface area (Å²) in [6.45, 7) is 5.92. The monoisotopic (exact) mass is 640 g/mol. The van der Waals surface area contributed by atoms with Crippen molar-refractivity contribution in [3.8, 4) is 6.07 Å². The van der Waals surface area contributed by atoms with E-state index in [4.69, 9.17) is 23.2 Å². The van der Waals surface area contributed by atoms with Gasteiger partial charge in [0.2, 0.25) is 15.9 Å². The minimum absolute atomic E-state index is 0.0168. The second kappa shape index (κ2) is 12.4. The van der Waals surface area contributed by atoms with E-state index in [1.807, 2.05) is 20.8 Å². The fourth-order valence-electron chi connectivity index (χ4n) is 6.51. The molecule has 3 N–H and O–H groups in total. The first-order valence-corrected chi connectivity index (χ1v) is 16.5. The maximum Gasteiger partial charge on any atom is 0.238 e. The number of nitriles is 1. The van der Waals surface area contributed by atoms with Crippen LogP contribution >= 0.6 is 23.2 Å². The summed E-state index contributed by atoms with van der Waals surface area (Å²) >= 11 is 12.3. The van der Waals surface area contributed by atoms with E-state index < -0.39 is 51.0 Å². The first-order chi connectivity index (χ1) is 19.6. The molecular formula is C30H36Cl2F2N4O3S. The third-order valence-electron chi connectivity index (χ3n) is 8.19. The average Bonchev–Trinajstić information content (AvgIpc) is 3.19. The molecule has 7 nitrogen and oxygen atoms in total. The summed E-state index contributed by atoms with van der Waals surface area (Å²) in [6, 6.07) is 8.45. The number of benzene rings is 2. The third-order valence-corrected chi connectivity index (χ3v) is 9.47. The second-order valence-electron chi connectivity index (χ2n) is 12.6. The zero-order valence-corrected chi connectivity index (χ0v) is 26.3. The van der Waals surface area contributed by atoms with Crippen LogP contribution in [0.5, 0.6) is 0 Å². The molecule has 1 saturated heterocycles. The number of rotatable bonds is 7. The highest BCUT2D eigenvalue weighted by Gasteiger charge is 2.61. The van der Waals surface area contributed by atoms with Gasteiger partial charge in [0.25, 0.3) is 0 Å². The van der Waals surface area contributed by atoms with Gasteiger partial charge >= 0.3 is 0 Å². The summed E-state index contributed by atoms with van der Waals surface area (Å²) in [6.07, 6.45) is 3.61. The molecule has 0 aromatic heterocycles. The van der Waals surface area contributed by atoms with Crippen LogP contribution < -0.4 is 15.4 Å². The molecule has 12 heteroatoms. The molecule has 2 aliphatic rings. The van der Waals surface area contributed by atoms with Gasteiger partial charge in [-0.3, -0.25) is 4.79 Å². The zero-order chi connectivity index (χ0) is 31.0. The van der Waals surface area contributed by atoms with Crippen LogP contribution in [-0.2, 0) is 20.2 Å². The topological polar surface area (TPSA) is 111 Å². The van der Waals surface area contributed by atoms with Crippen LogP contribution in [-0.4, -0.2) is 44.7 Å². The molecule has 2 aromatic carbocycles. The molecule has 1 aliphatic heterocycles. The fourth-order valence-corrected chi connectivity index (χ4v) is 7.69. The quantitative estimate of drug-likeness (QED) is 0.366. The van der Waals surface area contributed by atoms with Gasteiger partial charge in [0.1, 0.15) is 17.0 Å². The van der Waals surface area contributed by atoms with Crippen molar-refractivity contribution >= 4 is 39.1 Å². The van der Waals surface area contributed by atoms with Gasteiger partial charge in [0, 0.05) is 34.6 Å². The number of halogens is 4. The fraction of sp³-hybridized carbons (Fsp3) is 0.533. The Labute approximate surface area is 256 Å². The van der Waals surface area contributed by atoms with Crippen molar-refractivity contribution in [3.63, 3.8) is 0 Å². The first-order valence-electron chi connectivity index (χ1n) is 13.9. The number of sulfonamides is 1. The van der Waals surface area contributed by atoms with Gasteiger partial charge in [0.05, 0.1) is 23.4 Å². The molecule has 4 rings (SSSR count). The average molecular weight is 642 g/mol. The number of hydrogen-bond acceptors (Lipinski definition) is 5. The molecule has 4 atom stereocenters. The Bertz CT molecular complexity index is 1490. The van der Waals surface area contributed by atoms with Crippen LogP contribution in [0.2, 0.25) is 10.0 Å². The summed E-state index contributed by atoms with van der Waals surface area (Å²) < 4.78 is 57.4. The van der Waals surface area contributed by atoms with E-state index in [1.165, 1.54) is 24.3 Å². The van der Waals surface area contributed by atoms with Crippen LogP contribution in [0.3, 0.4) is 0 Å². The number of carbonyl (C=O) groups is 1. The van der Waals surface area contributed by atoms with Gasteiger partial charge in [-0.05, 0) is 61.3 Å². The number of nitrogens with one attached hydrogen (secondary N) is 3. The lowest BCUT2D eigenvalue weighted by Gasteiger charge is -2.37. The van der Waals surface area contributed by atoms with Crippen molar-refractivity contribution in [1.82, 2.24) is 15.4 Å². The van der Waals surface area contributed by atoms with Gasteiger partial charge in [-0.2, -0.15) is 5.26 Å². The summed E-state index contributed by atoms with van der Waals surface area (Å²) in [5.41, 5.74) is -2.00. The van der Waals surface area contributed by atoms with Crippen LogP contribution in [0.15, 0.2) is 36.4 Å². The predicted molar refractivity (Wildman–Crippen MR) is 160 cm³/mol. The Hall–Kier alpha value is -2.29. The lowest BCUT2D eigenvalue weighted by Crippen LogP contribution is -2.50. The van der Waals surface area contributed by atoms with E-state index in [1.54, 1.807) is 6.07 Å². The molecule has 0 bridgehead atoms. The van der Waals surface area contributed by atoms with Crippen LogP contribution in [0.25, 0.3) is 0 Å². The van der Waals surface area contributed by atoms with Gasteiger partial charge in [-0.15, -0.1) is 0 Å². The molecule has 0 radical (unpaired) electrons. The van der Waals surface area contributed by atoms with Crippen molar-refractivity contribution in [2.45, 2.75) is 88.4 Å². The molecular weight excluding hydrogens is 605 g/mol. The molecule has 42 heavy (non-hydrogen) atoms. The smallest absolute Gasteiger partial charge is 0.238 e. The lowest BCUT2D eigenvalue weighted by atomic mass is 9.62. The lowest BCUT2D eigenvalue weighted by molar-refractivity contribution is -0.124. The van der Waals surface area contributed by atoms with Gasteiger partial charge in [0.15, 0.2) is 0 Å². The van der Waals surface area contributed by atoms with Crippen molar-refractivity contribution in [2.24, 2.45) is 5.41 Å². The van der Waals surface area contributed by atoms with E-state index in [0.717, 1.165) is 12.3 Å². The molecule has 1 heterocycles. The van der Waals surface area contributed by atoms with E-state index >= 15 is 8.78 Å². The highest BCUT2D eigenvalue weighted by Crippen LogP contribution is 2.52. The maximum atomic E-state index is 15.8. The van der Waals surface area contributed by atoms with Crippen LogP contribution in [0.4, 0.5) is 8.78 Å². The Morgan fingerprint density at radius 3 is 2.33 bits per heavy atom. The molecule has 1 aliphatic carbocycles. The van der Waals surface area contributed by atoms with Crippen molar-refractivity contribution < 1.29 is 22.0 Å². The van der Waals surface area contributed by atoms with E-state index in [0.29, 0.717) is 32.1 Å². The number of amides is 1. The van der Waals surface area contributed by atoms with Crippen molar-refractivity contribution in [2.75, 3.05) is 6.26 Å². The number of hydrogen-bond donors (Lipinski definition) is 3. The van der Waals surface area contributed by atoms with E-state index in [9.17, 15) is 18.5 Å². The summed E-state index contributed by atoms with van der Waals surface area (Å²) in [5.74, 6) is -3.10. The molecule has 1 amide bonds. The molecule has 2 fully saturated rings. The highest BCUT2D eigenvalue weighted by molar-refractivity contribution is 7.88. The van der Waals surface area contributed by atoms with Crippen molar-refractivity contribution in [1.29, 1.82) is 5.26 Å². The normalized spacial score (nSPS) is 28.3. The maximum absolute atomic E-state index is 15.8. The molecule has 0 spiro atoms. The first kappa shape index (κ1) is 32.6. The van der Waals surface area contributed by atoms with Crippen LogP contribution in [0, 0.1) is 28.4 Å². The number of carbonyl (C=O) groups excluding carboxylic acids is 1. The standard InChI is InChI=1S/C30H36Cl2F2N4O3S/c1-29(2,3)15-24-30(16-35,21-13-8-17(31)14-23(21)33)25(20-6-5-7-22(32)26(20)34)27(37-24)28(39)36-18-9-11-19(12-10-18)38-42(4,40)41/h5-8,13-14,18-19,24-25,27,37-38H,9-12,15H2,1-4H3,(H,36,39)/t18?,19?,24-,25-,27+,30-/m0/s1. The predicted octanol–water partition coefficient (Wildman–Crippen LogP) is 5.57. The summed E-state index contributed by atoms with van der Waals surface area (Å²) in [4.78, 5) is 14.0. The molecule has 1 saturated carbocycles. The third kappa shape index (κ3) is 6.92. The van der Waals surface area contributed by atoms with Crippen LogP contribution in [0.1, 0.15) is 69.9 Å². The Morgan fingerprint density at radius 2 is 1.76 bits per heavy atom. The van der Waals surface area contributed by atoms with Gasteiger partial charge < -0.3 is 10.6 Å². The van der Waals surface area contributed by atoms with Crippen molar-refractivity contribution in [3.05, 3.63) is 69.2 Å². The highest BCUT2D eigenvalue weighted by atomic mass is 35.5. The summed E-state index contributed by atoms with van der Waals surface area (Å²) in [5, 5.41) is 17.3. The van der Waals surface area contributed by atoms with E-state index in [2.05, 4.69) is 21.4 Å². The van der Waals surface area contributed by atoms with Gasteiger partial charge in [-0.1, -0.05) is 62.2 Å². The van der Waals surface area contributed by atoms with E-state index in [-0.39, 0.29) is 38.7 Å². The molecule has 0 unspecified atom stereocenters. The Morgan fingerprint density at radius 1 is 1.12 bits per heavy atom.